The number of hydrogen-bond donors (Lipinski definition) is 0. The van der Waals surface area contributed by atoms with E-state index in [4.69, 9.17) is 0 Å². The summed E-state index contributed by atoms with van der Waals surface area (Å²) in [7, 11) is 3.15. The molecule has 0 aliphatic carbocycles. The molecule has 0 saturated heterocycles. The summed E-state index contributed by atoms with van der Waals surface area (Å²) in [6, 6.07) is 39.5. The second-order valence-corrected chi connectivity index (χ2v) is 9.74. The van der Waals surface area contributed by atoms with E-state index in [1.54, 1.807) is 0 Å². The first-order chi connectivity index (χ1) is 15.1. The molecule has 0 amide bonds. The summed E-state index contributed by atoms with van der Waals surface area (Å²) in [5.41, 5.74) is 5.44. The summed E-state index contributed by atoms with van der Waals surface area (Å²) in [4.78, 5) is 0. The lowest BCUT2D eigenvalue weighted by atomic mass is 9.79. The minimum Gasteiger partial charge on any atom is -0.122 e. The van der Waals surface area contributed by atoms with Crippen molar-refractivity contribution in [2.24, 2.45) is 0 Å². The predicted molar refractivity (Wildman–Crippen MR) is 138 cm³/mol. The molecule has 31 heavy (non-hydrogen) atoms. The fraction of sp³-hybridized carbons (Fsp3) is 0.133. The zero-order valence-corrected chi connectivity index (χ0v) is 19.2. The largest absolute Gasteiger partial charge is 0.122 e. The van der Waals surface area contributed by atoms with E-state index < -0.39 is 0 Å². The fourth-order valence-electron chi connectivity index (χ4n) is 5.03. The Morgan fingerprint density at radius 3 is 1.52 bits per heavy atom. The molecule has 5 aromatic carbocycles. The molecule has 0 aliphatic heterocycles. The van der Waals surface area contributed by atoms with Gasteiger partial charge in [0, 0.05) is 11.1 Å². The number of fused-ring (bicyclic) bond motifs is 2. The molecular formula is C30H27P. The Morgan fingerprint density at radius 1 is 0.581 bits per heavy atom. The molecule has 5 aromatic rings. The van der Waals surface area contributed by atoms with Crippen LogP contribution in [0.25, 0.3) is 21.5 Å². The number of hydrogen-bond acceptors (Lipinski definition) is 0. The maximum Gasteiger partial charge on any atom is 0.0328 e. The Bertz CT molecular complexity index is 1290. The van der Waals surface area contributed by atoms with Crippen LogP contribution in [-0.4, -0.2) is 0 Å². The highest BCUT2D eigenvalue weighted by atomic mass is 31.0. The van der Waals surface area contributed by atoms with E-state index in [0.717, 1.165) is 0 Å². The SMILES string of the molecule is CC(c1ccccc1)c1c2ccccc2c(C(C)(P)c2ccccc2)c2ccccc12. The van der Waals surface area contributed by atoms with Crippen LogP contribution in [0.2, 0.25) is 0 Å². The average Bonchev–Trinajstić information content (AvgIpc) is 2.83. The monoisotopic (exact) mass is 418 g/mol. The van der Waals surface area contributed by atoms with Crippen molar-refractivity contribution in [3.8, 4) is 0 Å². The molecule has 152 valence electrons. The van der Waals surface area contributed by atoms with Gasteiger partial charge in [-0.3, -0.25) is 0 Å². The standard InChI is InChI=1S/C30H27P/c1-21(22-13-5-3-6-14-22)28-24-17-9-11-19-26(24)29(27-20-12-10-18-25(27)28)30(2,31)23-15-7-4-8-16-23/h3-21H,31H2,1-2H3. The molecule has 0 radical (unpaired) electrons. The lowest BCUT2D eigenvalue weighted by Gasteiger charge is -2.31. The van der Waals surface area contributed by atoms with Crippen LogP contribution >= 0.6 is 9.24 Å². The maximum atomic E-state index is 3.15. The summed E-state index contributed by atoms with van der Waals surface area (Å²) in [6.07, 6.45) is 0. The van der Waals surface area contributed by atoms with Gasteiger partial charge in [0.1, 0.15) is 0 Å². The van der Waals surface area contributed by atoms with Crippen molar-refractivity contribution in [2.75, 3.05) is 0 Å². The van der Waals surface area contributed by atoms with Crippen molar-refractivity contribution in [3.05, 3.63) is 131 Å². The highest BCUT2D eigenvalue weighted by Gasteiger charge is 2.29. The van der Waals surface area contributed by atoms with Crippen molar-refractivity contribution < 1.29 is 0 Å². The number of rotatable bonds is 4. The van der Waals surface area contributed by atoms with Gasteiger partial charge >= 0.3 is 0 Å². The van der Waals surface area contributed by atoms with Crippen LogP contribution in [0, 0.1) is 0 Å². The van der Waals surface area contributed by atoms with Crippen molar-refractivity contribution in [1.29, 1.82) is 0 Å². The smallest absolute Gasteiger partial charge is 0.0328 e. The Kier molecular flexibility index (Phi) is 5.12. The third kappa shape index (κ3) is 3.36. The molecule has 0 spiro atoms. The molecule has 0 aliphatic rings. The third-order valence-corrected chi connectivity index (χ3v) is 7.22. The van der Waals surface area contributed by atoms with Crippen LogP contribution in [0.3, 0.4) is 0 Å². The van der Waals surface area contributed by atoms with Crippen molar-refractivity contribution in [2.45, 2.75) is 24.9 Å². The Hall–Kier alpha value is -2.95. The predicted octanol–water partition coefficient (Wildman–Crippen LogP) is 8.28. The van der Waals surface area contributed by atoms with Gasteiger partial charge in [0.25, 0.3) is 0 Å². The van der Waals surface area contributed by atoms with Crippen LogP contribution in [0.15, 0.2) is 109 Å². The van der Waals surface area contributed by atoms with E-state index in [1.807, 2.05) is 0 Å². The van der Waals surface area contributed by atoms with Crippen molar-refractivity contribution in [3.63, 3.8) is 0 Å². The average molecular weight is 419 g/mol. The topological polar surface area (TPSA) is 0 Å². The van der Waals surface area contributed by atoms with E-state index in [2.05, 4.69) is 132 Å². The highest BCUT2D eigenvalue weighted by molar-refractivity contribution is 7.19. The zero-order valence-electron chi connectivity index (χ0n) is 18.0. The first-order valence-corrected chi connectivity index (χ1v) is 11.5. The molecule has 5 rings (SSSR count). The molecule has 0 aromatic heterocycles. The number of benzene rings is 5. The van der Waals surface area contributed by atoms with E-state index >= 15 is 0 Å². The Balaban J connectivity index is 1.90. The van der Waals surface area contributed by atoms with Gasteiger partial charge in [-0.2, -0.15) is 0 Å². The molecule has 0 bridgehead atoms. The summed E-state index contributed by atoms with van der Waals surface area (Å²) < 4.78 is 0. The molecule has 0 N–H and O–H groups in total. The van der Waals surface area contributed by atoms with Crippen LogP contribution in [0.1, 0.15) is 42.0 Å². The summed E-state index contributed by atoms with van der Waals surface area (Å²) in [5, 5.41) is 5.16. The Morgan fingerprint density at radius 2 is 1.00 bits per heavy atom. The highest BCUT2D eigenvalue weighted by Crippen LogP contribution is 2.48. The van der Waals surface area contributed by atoms with Gasteiger partial charge in [-0.1, -0.05) is 116 Å². The molecule has 3 atom stereocenters. The molecule has 0 fully saturated rings. The van der Waals surface area contributed by atoms with Crippen LogP contribution in [-0.2, 0) is 5.16 Å². The lowest BCUT2D eigenvalue weighted by molar-refractivity contribution is 0.856. The Labute approximate surface area is 187 Å². The molecule has 0 saturated carbocycles. The summed E-state index contributed by atoms with van der Waals surface area (Å²) in [5.74, 6) is 0.303. The van der Waals surface area contributed by atoms with Gasteiger partial charge in [-0.25, -0.2) is 0 Å². The molecular weight excluding hydrogens is 391 g/mol. The quantitative estimate of drug-likeness (QED) is 0.203. The molecule has 3 unspecified atom stereocenters. The van der Waals surface area contributed by atoms with Crippen molar-refractivity contribution >= 4 is 30.8 Å². The van der Waals surface area contributed by atoms with Crippen molar-refractivity contribution in [1.82, 2.24) is 0 Å². The summed E-state index contributed by atoms with van der Waals surface area (Å²) in [6.45, 7) is 4.65. The van der Waals surface area contributed by atoms with E-state index in [0.29, 0.717) is 5.92 Å². The van der Waals surface area contributed by atoms with E-state index in [-0.39, 0.29) is 5.16 Å². The van der Waals surface area contributed by atoms with Gasteiger partial charge in [-0.15, -0.1) is 9.24 Å². The lowest BCUT2D eigenvalue weighted by Crippen LogP contribution is -2.17. The molecule has 0 nitrogen and oxygen atoms in total. The minimum absolute atomic E-state index is 0.199. The zero-order chi connectivity index (χ0) is 21.4. The van der Waals surface area contributed by atoms with Gasteiger partial charge < -0.3 is 0 Å². The molecule has 1 heteroatoms. The maximum absolute atomic E-state index is 3.15. The van der Waals surface area contributed by atoms with E-state index in [1.165, 1.54) is 43.8 Å². The second kappa shape index (κ2) is 7.95. The minimum atomic E-state index is -0.199. The molecule has 0 heterocycles. The van der Waals surface area contributed by atoms with Crippen LogP contribution < -0.4 is 0 Å². The van der Waals surface area contributed by atoms with Crippen LogP contribution in [0.5, 0.6) is 0 Å². The van der Waals surface area contributed by atoms with E-state index in [9.17, 15) is 0 Å². The van der Waals surface area contributed by atoms with Crippen LogP contribution in [0.4, 0.5) is 0 Å². The third-order valence-electron chi connectivity index (χ3n) is 6.60. The van der Waals surface area contributed by atoms with Gasteiger partial charge in [-0.05, 0) is 50.7 Å². The van der Waals surface area contributed by atoms with Gasteiger partial charge in [0.2, 0.25) is 0 Å². The first-order valence-electron chi connectivity index (χ1n) is 10.9. The first kappa shape index (κ1) is 20.0. The fourth-order valence-corrected chi connectivity index (χ4v) is 5.53. The summed E-state index contributed by atoms with van der Waals surface area (Å²) >= 11 is 0. The second-order valence-electron chi connectivity index (χ2n) is 8.58. The van der Waals surface area contributed by atoms with Gasteiger partial charge in [0.15, 0.2) is 0 Å². The van der Waals surface area contributed by atoms with Gasteiger partial charge in [0.05, 0.1) is 0 Å². The normalized spacial score (nSPS) is 14.4.